The van der Waals surface area contributed by atoms with Crippen LogP contribution in [0.1, 0.15) is 110 Å². The largest absolute Gasteiger partial charge is 0.198 e. The Labute approximate surface area is 157 Å². The summed E-state index contributed by atoms with van der Waals surface area (Å²) in [6, 6.07) is 2.30. The first-order chi connectivity index (χ1) is 12.3. The molecule has 1 nitrogen and oxygen atoms in total. The zero-order valence-electron chi connectivity index (χ0n) is 16.7. The van der Waals surface area contributed by atoms with Gasteiger partial charge in [0.1, 0.15) is 0 Å². The predicted molar refractivity (Wildman–Crippen MR) is 106 cm³/mol. The summed E-state index contributed by atoms with van der Waals surface area (Å²) in [6.45, 7) is 2.38. The summed E-state index contributed by atoms with van der Waals surface area (Å²) >= 11 is 0. The highest BCUT2D eigenvalue weighted by Crippen LogP contribution is 2.46. The molecule has 0 bridgehead atoms. The van der Waals surface area contributed by atoms with Gasteiger partial charge in [0.25, 0.3) is 0 Å². The SMILES string of the molecule is CCC1CCC(C2CCC(C3CCC(CCCC#N)CC3)CC2)CC1. The lowest BCUT2D eigenvalue weighted by atomic mass is 9.65. The van der Waals surface area contributed by atoms with E-state index < -0.39 is 0 Å². The van der Waals surface area contributed by atoms with Gasteiger partial charge >= 0.3 is 0 Å². The standard InChI is InChI=1S/C24H41N/c1-2-19-6-10-21(11-7-19)23-14-16-24(17-15-23)22-12-8-20(9-13-22)5-3-4-18-25/h19-24H,2-17H2,1H3. The van der Waals surface area contributed by atoms with Gasteiger partial charge in [0.15, 0.2) is 0 Å². The fraction of sp³-hybridized carbons (Fsp3) is 0.958. The Bertz CT molecular complexity index is 398. The Morgan fingerprint density at radius 2 is 1.04 bits per heavy atom. The van der Waals surface area contributed by atoms with Crippen LogP contribution in [0.25, 0.3) is 0 Å². The Morgan fingerprint density at radius 1 is 0.640 bits per heavy atom. The van der Waals surface area contributed by atoms with Crippen LogP contribution in [-0.2, 0) is 0 Å². The number of nitriles is 1. The van der Waals surface area contributed by atoms with E-state index in [4.69, 9.17) is 5.26 Å². The molecule has 25 heavy (non-hydrogen) atoms. The van der Waals surface area contributed by atoms with Crippen LogP contribution >= 0.6 is 0 Å². The first kappa shape index (κ1) is 19.3. The van der Waals surface area contributed by atoms with Crippen molar-refractivity contribution in [3.05, 3.63) is 0 Å². The molecule has 0 aromatic heterocycles. The second-order valence-corrected chi connectivity index (χ2v) is 9.70. The summed E-state index contributed by atoms with van der Waals surface area (Å²) < 4.78 is 0. The monoisotopic (exact) mass is 343 g/mol. The van der Waals surface area contributed by atoms with Gasteiger partial charge in [-0.1, -0.05) is 39.0 Å². The van der Waals surface area contributed by atoms with E-state index in [1.807, 2.05) is 0 Å². The third-order valence-electron chi connectivity index (χ3n) is 8.41. The Kier molecular flexibility index (Phi) is 7.69. The molecule has 0 N–H and O–H groups in total. The van der Waals surface area contributed by atoms with Gasteiger partial charge in [0.05, 0.1) is 6.07 Å². The molecule has 0 spiro atoms. The molecule has 3 fully saturated rings. The first-order valence-corrected chi connectivity index (χ1v) is 11.7. The van der Waals surface area contributed by atoms with E-state index in [1.54, 1.807) is 38.5 Å². The van der Waals surface area contributed by atoms with Crippen LogP contribution in [0.15, 0.2) is 0 Å². The van der Waals surface area contributed by atoms with Gasteiger partial charge in [-0.15, -0.1) is 0 Å². The van der Waals surface area contributed by atoms with E-state index in [2.05, 4.69) is 13.0 Å². The van der Waals surface area contributed by atoms with Gasteiger partial charge in [0.2, 0.25) is 0 Å². The van der Waals surface area contributed by atoms with Gasteiger partial charge in [-0.2, -0.15) is 5.26 Å². The summed E-state index contributed by atoms with van der Waals surface area (Å²) in [4.78, 5) is 0. The van der Waals surface area contributed by atoms with Crippen molar-refractivity contribution in [3.63, 3.8) is 0 Å². The molecule has 3 saturated carbocycles. The summed E-state index contributed by atoms with van der Waals surface area (Å²) in [5.74, 6) is 6.26. The molecule has 0 aliphatic heterocycles. The molecule has 0 saturated heterocycles. The van der Waals surface area contributed by atoms with Crippen LogP contribution in [-0.4, -0.2) is 0 Å². The minimum absolute atomic E-state index is 0.768. The highest BCUT2D eigenvalue weighted by molar-refractivity contribution is 4.86. The molecule has 142 valence electrons. The number of hydrogen-bond donors (Lipinski definition) is 0. The highest BCUT2D eigenvalue weighted by atomic mass is 14.4. The minimum Gasteiger partial charge on any atom is -0.198 e. The third-order valence-corrected chi connectivity index (χ3v) is 8.41. The fourth-order valence-corrected chi connectivity index (χ4v) is 6.57. The third kappa shape index (κ3) is 5.48. The van der Waals surface area contributed by atoms with Crippen molar-refractivity contribution in [2.24, 2.45) is 35.5 Å². The maximum Gasteiger partial charge on any atom is 0.0621 e. The van der Waals surface area contributed by atoms with Crippen molar-refractivity contribution in [3.8, 4) is 6.07 Å². The quantitative estimate of drug-likeness (QED) is 0.458. The molecule has 3 aliphatic rings. The van der Waals surface area contributed by atoms with Gasteiger partial charge < -0.3 is 0 Å². The lowest BCUT2D eigenvalue weighted by Gasteiger charge is -2.41. The molecule has 0 unspecified atom stereocenters. The summed E-state index contributed by atoms with van der Waals surface area (Å²) in [7, 11) is 0. The van der Waals surface area contributed by atoms with Crippen molar-refractivity contribution in [1.82, 2.24) is 0 Å². The Hall–Kier alpha value is -0.510. The minimum atomic E-state index is 0.768. The van der Waals surface area contributed by atoms with E-state index in [-0.39, 0.29) is 0 Å². The maximum atomic E-state index is 8.70. The van der Waals surface area contributed by atoms with Crippen molar-refractivity contribution >= 4 is 0 Å². The average Bonchev–Trinajstić information content (AvgIpc) is 2.69. The molecule has 0 heterocycles. The summed E-state index contributed by atoms with van der Waals surface area (Å²) in [5, 5.41) is 8.70. The Balaban J connectivity index is 1.34. The molecule has 0 amide bonds. The number of rotatable bonds is 6. The van der Waals surface area contributed by atoms with Gasteiger partial charge in [-0.05, 0) is 99.7 Å². The molecule has 0 aromatic carbocycles. The lowest BCUT2D eigenvalue weighted by Crippen LogP contribution is -2.29. The van der Waals surface area contributed by atoms with E-state index in [9.17, 15) is 0 Å². The smallest absolute Gasteiger partial charge is 0.0621 e. The van der Waals surface area contributed by atoms with Gasteiger partial charge in [-0.3, -0.25) is 0 Å². The van der Waals surface area contributed by atoms with Crippen LogP contribution in [0.4, 0.5) is 0 Å². The van der Waals surface area contributed by atoms with Gasteiger partial charge in [0, 0.05) is 6.42 Å². The molecular weight excluding hydrogens is 302 g/mol. The lowest BCUT2D eigenvalue weighted by molar-refractivity contribution is 0.103. The number of hydrogen-bond acceptors (Lipinski definition) is 1. The second kappa shape index (κ2) is 9.99. The Morgan fingerprint density at radius 3 is 1.44 bits per heavy atom. The van der Waals surface area contributed by atoms with Crippen LogP contribution in [0.5, 0.6) is 0 Å². The molecule has 3 aliphatic carbocycles. The normalized spacial score (nSPS) is 39.7. The van der Waals surface area contributed by atoms with Crippen molar-refractivity contribution in [2.45, 2.75) is 110 Å². The van der Waals surface area contributed by atoms with Crippen LogP contribution in [0.2, 0.25) is 0 Å². The summed E-state index contributed by atoms with van der Waals surface area (Å²) in [6.07, 6.45) is 22.9. The van der Waals surface area contributed by atoms with Crippen molar-refractivity contribution < 1.29 is 0 Å². The zero-order chi connectivity index (χ0) is 17.5. The maximum absolute atomic E-state index is 8.70. The van der Waals surface area contributed by atoms with Gasteiger partial charge in [-0.25, -0.2) is 0 Å². The van der Waals surface area contributed by atoms with E-state index in [0.717, 1.165) is 48.3 Å². The van der Waals surface area contributed by atoms with E-state index >= 15 is 0 Å². The molecule has 0 radical (unpaired) electrons. The number of nitrogens with zero attached hydrogens (tertiary/aromatic N) is 1. The molecule has 0 atom stereocenters. The topological polar surface area (TPSA) is 23.8 Å². The second-order valence-electron chi connectivity index (χ2n) is 9.70. The molecular formula is C24H41N. The van der Waals surface area contributed by atoms with Crippen LogP contribution in [0, 0.1) is 46.8 Å². The zero-order valence-corrected chi connectivity index (χ0v) is 16.7. The van der Waals surface area contributed by atoms with E-state index in [0.29, 0.717) is 0 Å². The number of unbranched alkanes of at least 4 members (excludes halogenated alkanes) is 1. The van der Waals surface area contributed by atoms with Crippen molar-refractivity contribution in [1.29, 1.82) is 5.26 Å². The molecule has 3 rings (SSSR count). The highest BCUT2D eigenvalue weighted by Gasteiger charge is 2.34. The first-order valence-electron chi connectivity index (χ1n) is 11.7. The van der Waals surface area contributed by atoms with Crippen molar-refractivity contribution in [2.75, 3.05) is 0 Å². The average molecular weight is 344 g/mol. The summed E-state index contributed by atoms with van der Waals surface area (Å²) in [5.41, 5.74) is 0. The predicted octanol–water partition coefficient (Wildman–Crippen LogP) is 7.51. The molecule has 1 heteroatoms. The van der Waals surface area contributed by atoms with Crippen LogP contribution in [0.3, 0.4) is 0 Å². The fourth-order valence-electron chi connectivity index (χ4n) is 6.57. The van der Waals surface area contributed by atoms with Crippen LogP contribution < -0.4 is 0 Å². The molecule has 0 aromatic rings. The van der Waals surface area contributed by atoms with E-state index in [1.165, 1.54) is 51.4 Å².